The van der Waals surface area contributed by atoms with Gasteiger partial charge in [0, 0.05) is 18.0 Å². The van der Waals surface area contributed by atoms with Crippen LogP contribution in [0.2, 0.25) is 5.02 Å². The van der Waals surface area contributed by atoms with Gasteiger partial charge in [-0.2, -0.15) is 0 Å². The molecule has 0 heterocycles. The fourth-order valence-corrected chi connectivity index (χ4v) is 2.49. The highest BCUT2D eigenvalue weighted by Crippen LogP contribution is 2.16. The molecule has 0 saturated heterocycles. The number of carbonyl (C=O) groups excluding carboxylic acids is 1. The summed E-state index contributed by atoms with van der Waals surface area (Å²) in [4.78, 5) is 22.8. The highest BCUT2D eigenvalue weighted by atomic mass is 35.5. The molecule has 1 aromatic carbocycles. The third-order valence-corrected chi connectivity index (χ3v) is 3.53. The van der Waals surface area contributed by atoms with Gasteiger partial charge < -0.3 is 10.4 Å². The average molecular weight is 312 g/mol. The van der Waals surface area contributed by atoms with E-state index in [1.807, 2.05) is 32.0 Å². The molecule has 0 fully saturated rings. The van der Waals surface area contributed by atoms with E-state index >= 15 is 0 Å². The first kappa shape index (κ1) is 17.5. The Morgan fingerprint density at radius 2 is 1.95 bits per heavy atom. The first-order valence-electron chi connectivity index (χ1n) is 7.10. The zero-order valence-corrected chi connectivity index (χ0v) is 13.2. The molecule has 5 heteroatoms. The molecule has 4 nitrogen and oxygen atoms in total. The lowest BCUT2D eigenvalue weighted by atomic mass is 9.94. The summed E-state index contributed by atoms with van der Waals surface area (Å²) in [5, 5.41) is 12.3. The molecule has 0 spiro atoms. The maximum absolute atomic E-state index is 11.9. The molecule has 0 aliphatic heterocycles. The average Bonchev–Trinajstić information content (AvgIpc) is 2.37. The van der Waals surface area contributed by atoms with Gasteiger partial charge in [-0.1, -0.05) is 43.6 Å². The highest BCUT2D eigenvalue weighted by Gasteiger charge is 2.16. The molecule has 21 heavy (non-hydrogen) atoms. The number of aliphatic carboxylic acids is 1. The summed E-state index contributed by atoms with van der Waals surface area (Å²) in [6.07, 6.45) is 1.06. The molecule has 116 valence electrons. The van der Waals surface area contributed by atoms with Gasteiger partial charge in [-0.25, -0.2) is 0 Å². The summed E-state index contributed by atoms with van der Waals surface area (Å²) in [6.45, 7) is 4.47. The fourth-order valence-electron chi connectivity index (χ4n) is 2.29. The SMILES string of the molecule is CC(C)CC(CNC(=O)Cc1ccccc1Cl)CC(=O)O. The number of carboxylic acid groups (broad SMARTS) is 1. The van der Waals surface area contributed by atoms with Gasteiger partial charge in [-0.3, -0.25) is 9.59 Å². The Morgan fingerprint density at radius 3 is 2.52 bits per heavy atom. The van der Waals surface area contributed by atoms with Crippen molar-refractivity contribution in [2.45, 2.75) is 33.1 Å². The Kier molecular flexibility index (Phi) is 7.23. The van der Waals surface area contributed by atoms with Gasteiger partial charge in [0.05, 0.1) is 6.42 Å². The third kappa shape index (κ3) is 7.14. The normalized spacial score (nSPS) is 12.2. The fraction of sp³-hybridized carbons (Fsp3) is 0.500. The number of halogens is 1. The minimum atomic E-state index is -0.832. The zero-order valence-electron chi connectivity index (χ0n) is 12.4. The number of carboxylic acids is 1. The molecule has 2 N–H and O–H groups in total. The molecule has 0 aromatic heterocycles. The van der Waals surface area contributed by atoms with Crippen molar-refractivity contribution in [2.75, 3.05) is 6.54 Å². The topological polar surface area (TPSA) is 66.4 Å². The highest BCUT2D eigenvalue weighted by molar-refractivity contribution is 6.31. The molecule has 1 amide bonds. The second-order valence-corrected chi connectivity index (χ2v) is 6.07. The molecular formula is C16H22ClNO3. The molecule has 1 unspecified atom stereocenters. The number of rotatable bonds is 8. The predicted octanol–water partition coefficient (Wildman–Crippen LogP) is 3.14. The van der Waals surface area contributed by atoms with Gasteiger partial charge in [0.2, 0.25) is 5.91 Å². The van der Waals surface area contributed by atoms with E-state index in [1.165, 1.54) is 0 Å². The van der Waals surface area contributed by atoms with E-state index in [1.54, 1.807) is 6.07 Å². The Bertz CT molecular complexity index is 488. The largest absolute Gasteiger partial charge is 0.481 e. The van der Waals surface area contributed by atoms with E-state index in [0.717, 1.165) is 12.0 Å². The first-order chi connectivity index (χ1) is 9.88. The van der Waals surface area contributed by atoms with Crippen LogP contribution in [0.3, 0.4) is 0 Å². The lowest BCUT2D eigenvalue weighted by Crippen LogP contribution is -2.32. The first-order valence-corrected chi connectivity index (χ1v) is 7.48. The molecule has 1 rings (SSSR count). The van der Waals surface area contributed by atoms with Crippen LogP contribution in [0.15, 0.2) is 24.3 Å². The van der Waals surface area contributed by atoms with Crippen molar-refractivity contribution in [3.8, 4) is 0 Å². The predicted molar refractivity (Wildman–Crippen MR) is 83.4 cm³/mol. The molecular weight excluding hydrogens is 290 g/mol. The van der Waals surface area contributed by atoms with Crippen LogP contribution in [0.1, 0.15) is 32.3 Å². The van der Waals surface area contributed by atoms with Crippen LogP contribution < -0.4 is 5.32 Å². The maximum atomic E-state index is 11.9. The summed E-state index contributed by atoms with van der Waals surface area (Å²) >= 11 is 6.01. The molecule has 0 radical (unpaired) electrons. The van der Waals surface area contributed by atoms with E-state index in [0.29, 0.717) is 17.5 Å². The van der Waals surface area contributed by atoms with E-state index in [9.17, 15) is 9.59 Å². The minimum Gasteiger partial charge on any atom is -0.481 e. The lowest BCUT2D eigenvalue weighted by molar-refractivity contribution is -0.138. The summed E-state index contributed by atoms with van der Waals surface area (Å²) in [7, 11) is 0. The second-order valence-electron chi connectivity index (χ2n) is 5.67. The van der Waals surface area contributed by atoms with Crippen LogP contribution >= 0.6 is 11.6 Å². The molecule has 1 aromatic rings. The van der Waals surface area contributed by atoms with Crippen molar-refractivity contribution in [3.63, 3.8) is 0 Å². The number of hydrogen-bond donors (Lipinski definition) is 2. The van der Waals surface area contributed by atoms with Crippen LogP contribution in [0.5, 0.6) is 0 Å². The van der Waals surface area contributed by atoms with E-state index in [4.69, 9.17) is 16.7 Å². The van der Waals surface area contributed by atoms with Crippen LogP contribution in [0.4, 0.5) is 0 Å². The second kappa shape index (κ2) is 8.67. The monoisotopic (exact) mass is 311 g/mol. The lowest BCUT2D eigenvalue weighted by Gasteiger charge is -2.18. The van der Waals surface area contributed by atoms with Crippen LogP contribution in [0.25, 0.3) is 0 Å². The number of hydrogen-bond acceptors (Lipinski definition) is 2. The minimum absolute atomic E-state index is 0.0438. The van der Waals surface area contributed by atoms with Gasteiger partial charge in [0.25, 0.3) is 0 Å². The number of amides is 1. The molecule has 0 aliphatic rings. The van der Waals surface area contributed by atoms with Crippen molar-refractivity contribution < 1.29 is 14.7 Å². The van der Waals surface area contributed by atoms with Crippen molar-refractivity contribution in [1.82, 2.24) is 5.32 Å². The van der Waals surface area contributed by atoms with Crippen molar-refractivity contribution in [3.05, 3.63) is 34.9 Å². The molecule has 0 saturated carbocycles. The van der Waals surface area contributed by atoms with Crippen molar-refractivity contribution in [2.24, 2.45) is 11.8 Å². The molecule has 0 aliphatic carbocycles. The maximum Gasteiger partial charge on any atom is 0.303 e. The molecule has 0 bridgehead atoms. The number of carbonyl (C=O) groups is 2. The van der Waals surface area contributed by atoms with E-state index < -0.39 is 5.97 Å². The van der Waals surface area contributed by atoms with Crippen molar-refractivity contribution in [1.29, 1.82) is 0 Å². The van der Waals surface area contributed by atoms with E-state index in [2.05, 4.69) is 5.32 Å². The molecule has 1 atom stereocenters. The summed E-state index contributed by atoms with van der Waals surface area (Å²) < 4.78 is 0. The smallest absolute Gasteiger partial charge is 0.303 e. The van der Waals surface area contributed by atoms with Crippen LogP contribution in [0, 0.1) is 11.8 Å². The Balaban J connectivity index is 2.49. The summed E-state index contributed by atoms with van der Waals surface area (Å²) in [5.74, 6) is -0.615. The summed E-state index contributed by atoms with van der Waals surface area (Å²) in [5.41, 5.74) is 0.773. The third-order valence-electron chi connectivity index (χ3n) is 3.16. The van der Waals surface area contributed by atoms with Crippen molar-refractivity contribution >= 4 is 23.5 Å². The summed E-state index contributed by atoms with van der Waals surface area (Å²) in [6, 6.07) is 7.21. The quantitative estimate of drug-likeness (QED) is 0.775. The number of benzene rings is 1. The van der Waals surface area contributed by atoms with Gasteiger partial charge in [0.1, 0.15) is 0 Å². The van der Waals surface area contributed by atoms with Gasteiger partial charge in [-0.05, 0) is 29.9 Å². The van der Waals surface area contributed by atoms with E-state index in [-0.39, 0.29) is 24.7 Å². The van der Waals surface area contributed by atoms with Crippen LogP contribution in [-0.2, 0) is 16.0 Å². The standard InChI is InChI=1S/C16H22ClNO3/c1-11(2)7-12(8-16(20)21)10-18-15(19)9-13-5-3-4-6-14(13)17/h3-6,11-12H,7-10H2,1-2H3,(H,18,19)(H,20,21). The Morgan fingerprint density at radius 1 is 1.29 bits per heavy atom. The van der Waals surface area contributed by atoms with Crippen LogP contribution in [-0.4, -0.2) is 23.5 Å². The van der Waals surface area contributed by atoms with Gasteiger partial charge in [0.15, 0.2) is 0 Å². The van der Waals surface area contributed by atoms with Gasteiger partial charge in [-0.15, -0.1) is 0 Å². The Labute approximate surface area is 130 Å². The zero-order chi connectivity index (χ0) is 15.8. The number of nitrogens with one attached hydrogen (secondary N) is 1. The van der Waals surface area contributed by atoms with Gasteiger partial charge >= 0.3 is 5.97 Å². The Hall–Kier alpha value is -1.55.